The van der Waals surface area contributed by atoms with Crippen molar-refractivity contribution >= 4 is 11.3 Å². The van der Waals surface area contributed by atoms with Crippen LogP contribution >= 0.6 is 11.3 Å². The fourth-order valence-corrected chi connectivity index (χ4v) is 4.57. The molecule has 0 unspecified atom stereocenters. The number of phenolic OH excluding ortho intramolecular Hbond substituents is 1. The van der Waals surface area contributed by atoms with E-state index in [1.54, 1.807) is 11.3 Å². The first-order valence-corrected chi connectivity index (χ1v) is 10.4. The smallest absolute Gasteiger partial charge is 0.268 e. The molecule has 144 valence electrons. The number of nitrogens with zero attached hydrogens (tertiary/aromatic N) is 2. The normalized spacial score (nSPS) is 11.5. The Morgan fingerprint density at radius 2 is 1.74 bits per heavy atom. The van der Waals surface area contributed by atoms with Crippen LogP contribution in [0.15, 0.2) is 16.7 Å². The second-order valence-corrected chi connectivity index (χ2v) is 8.69. The van der Waals surface area contributed by atoms with Gasteiger partial charge in [-0.2, -0.15) is 4.98 Å². The van der Waals surface area contributed by atoms with E-state index >= 15 is 0 Å². The van der Waals surface area contributed by atoms with Crippen LogP contribution in [0, 0.1) is 19.8 Å². The summed E-state index contributed by atoms with van der Waals surface area (Å²) in [6.07, 6.45) is 2.59. The molecular weight excluding hydrogens is 356 g/mol. The van der Waals surface area contributed by atoms with Gasteiger partial charge in [-0.1, -0.05) is 32.9 Å². The lowest BCUT2D eigenvalue weighted by atomic mass is 9.99. The first-order valence-electron chi connectivity index (χ1n) is 9.63. The standard InChI is InChI=1S/C22H28N2O2S/c1-7-15-10-17(11-16(8-2)19(15)25)21-23-22(26-24-21)20-13(5)18(9-12(3)4)14(6)27-20/h10-12,25H,7-9H2,1-6H3. The fourth-order valence-electron chi connectivity index (χ4n) is 3.46. The summed E-state index contributed by atoms with van der Waals surface area (Å²) in [6.45, 7) is 12.9. The number of aryl methyl sites for hydroxylation is 3. The van der Waals surface area contributed by atoms with Gasteiger partial charge < -0.3 is 9.63 Å². The van der Waals surface area contributed by atoms with Crippen LogP contribution in [0.3, 0.4) is 0 Å². The molecule has 0 aliphatic carbocycles. The molecule has 3 aromatic rings. The van der Waals surface area contributed by atoms with E-state index in [0.29, 0.717) is 23.4 Å². The maximum absolute atomic E-state index is 10.3. The average molecular weight is 385 g/mol. The Hall–Kier alpha value is -2.14. The van der Waals surface area contributed by atoms with Gasteiger partial charge in [0.2, 0.25) is 5.82 Å². The second kappa shape index (κ2) is 7.85. The topological polar surface area (TPSA) is 59.2 Å². The highest BCUT2D eigenvalue weighted by atomic mass is 32.1. The summed E-state index contributed by atoms with van der Waals surface area (Å²) in [4.78, 5) is 7.06. The number of benzene rings is 1. The van der Waals surface area contributed by atoms with Crippen molar-refractivity contribution in [2.75, 3.05) is 0 Å². The van der Waals surface area contributed by atoms with Crippen molar-refractivity contribution in [2.45, 2.75) is 60.8 Å². The molecule has 4 nitrogen and oxygen atoms in total. The van der Waals surface area contributed by atoms with E-state index in [0.717, 1.165) is 40.8 Å². The van der Waals surface area contributed by atoms with Gasteiger partial charge in [0, 0.05) is 10.4 Å². The summed E-state index contributed by atoms with van der Waals surface area (Å²) in [7, 11) is 0. The molecule has 2 heterocycles. The van der Waals surface area contributed by atoms with Crippen LogP contribution in [0.25, 0.3) is 22.2 Å². The van der Waals surface area contributed by atoms with E-state index in [1.807, 2.05) is 26.0 Å². The molecule has 0 radical (unpaired) electrons. The van der Waals surface area contributed by atoms with Gasteiger partial charge in [0.25, 0.3) is 5.89 Å². The molecule has 0 amide bonds. The highest BCUT2D eigenvalue weighted by Crippen LogP contribution is 2.37. The van der Waals surface area contributed by atoms with Gasteiger partial charge in [-0.25, -0.2) is 0 Å². The molecule has 1 aromatic carbocycles. The zero-order chi connectivity index (χ0) is 19.7. The molecule has 0 atom stereocenters. The second-order valence-electron chi connectivity index (χ2n) is 7.46. The van der Waals surface area contributed by atoms with Gasteiger partial charge in [-0.05, 0) is 73.4 Å². The fraction of sp³-hybridized carbons (Fsp3) is 0.455. The molecule has 3 rings (SSSR count). The van der Waals surface area contributed by atoms with Crippen molar-refractivity contribution in [1.29, 1.82) is 0 Å². The summed E-state index contributed by atoms with van der Waals surface area (Å²) in [5.41, 5.74) is 5.37. The van der Waals surface area contributed by atoms with E-state index in [-0.39, 0.29) is 0 Å². The largest absolute Gasteiger partial charge is 0.507 e. The predicted octanol–water partition coefficient (Wildman–Crippen LogP) is 6.11. The van der Waals surface area contributed by atoms with Crippen molar-refractivity contribution in [3.05, 3.63) is 39.3 Å². The molecule has 0 bridgehead atoms. The summed E-state index contributed by atoms with van der Waals surface area (Å²) in [6, 6.07) is 3.92. The number of hydrogen-bond acceptors (Lipinski definition) is 5. The van der Waals surface area contributed by atoms with Gasteiger partial charge in [-0.15, -0.1) is 11.3 Å². The summed E-state index contributed by atoms with van der Waals surface area (Å²) in [5, 5.41) is 14.5. The van der Waals surface area contributed by atoms with Crippen LogP contribution < -0.4 is 0 Å². The van der Waals surface area contributed by atoms with Gasteiger partial charge in [0.05, 0.1) is 4.88 Å². The molecule has 0 fully saturated rings. The van der Waals surface area contributed by atoms with Crippen LogP contribution in [0.4, 0.5) is 0 Å². The van der Waals surface area contributed by atoms with Crippen molar-refractivity contribution in [3.63, 3.8) is 0 Å². The third kappa shape index (κ3) is 3.79. The lowest BCUT2D eigenvalue weighted by molar-refractivity contribution is 0.433. The summed E-state index contributed by atoms with van der Waals surface area (Å²) < 4.78 is 5.62. The number of phenols is 1. The Bertz CT molecular complexity index is 928. The van der Waals surface area contributed by atoms with Gasteiger partial charge in [-0.3, -0.25) is 0 Å². The molecule has 0 saturated carbocycles. The zero-order valence-corrected chi connectivity index (χ0v) is 17.8. The van der Waals surface area contributed by atoms with E-state index in [9.17, 15) is 5.11 Å². The minimum Gasteiger partial charge on any atom is -0.507 e. The number of rotatable bonds is 6. The van der Waals surface area contributed by atoms with Crippen LogP contribution in [0.1, 0.15) is 54.8 Å². The maximum atomic E-state index is 10.3. The predicted molar refractivity (Wildman–Crippen MR) is 111 cm³/mol. The van der Waals surface area contributed by atoms with E-state index < -0.39 is 0 Å². The van der Waals surface area contributed by atoms with Crippen LogP contribution in [-0.4, -0.2) is 15.2 Å². The van der Waals surface area contributed by atoms with E-state index in [1.165, 1.54) is 16.0 Å². The highest BCUT2D eigenvalue weighted by Gasteiger charge is 2.20. The third-order valence-electron chi connectivity index (χ3n) is 4.99. The Morgan fingerprint density at radius 1 is 1.11 bits per heavy atom. The first-order chi connectivity index (χ1) is 12.8. The molecule has 2 aromatic heterocycles. The molecule has 0 saturated heterocycles. The zero-order valence-electron chi connectivity index (χ0n) is 17.0. The molecule has 27 heavy (non-hydrogen) atoms. The lowest BCUT2D eigenvalue weighted by Gasteiger charge is -2.09. The van der Waals surface area contributed by atoms with Crippen molar-refractivity contribution in [1.82, 2.24) is 10.1 Å². The Balaban J connectivity index is 2.01. The number of aromatic hydroxyl groups is 1. The van der Waals surface area contributed by atoms with Crippen molar-refractivity contribution in [3.8, 4) is 27.9 Å². The summed E-state index contributed by atoms with van der Waals surface area (Å²) in [5.74, 6) is 2.15. The monoisotopic (exact) mass is 384 g/mol. The molecule has 0 spiro atoms. The van der Waals surface area contributed by atoms with E-state index in [4.69, 9.17) is 4.52 Å². The summed E-state index contributed by atoms with van der Waals surface area (Å²) >= 11 is 1.73. The van der Waals surface area contributed by atoms with Crippen molar-refractivity contribution < 1.29 is 9.63 Å². The van der Waals surface area contributed by atoms with E-state index in [2.05, 4.69) is 37.8 Å². The first kappa shape index (κ1) is 19.6. The third-order valence-corrected chi connectivity index (χ3v) is 6.23. The van der Waals surface area contributed by atoms with Gasteiger partial charge in [0.15, 0.2) is 0 Å². The highest BCUT2D eigenvalue weighted by molar-refractivity contribution is 7.15. The Labute approximate surface area is 165 Å². The molecule has 0 aliphatic rings. The molecule has 1 N–H and O–H groups in total. The maximum Gasteiger partial charge on any atom is 0.268 e. The SMILES string of the molecule is CCc1cc(-c2noc(-c3sc(C)c(CC(C)C)c3C)n2)cc(CC)c1O. The van der Waals surface area contributed by atoms with Gasteiger partial charge in [0.1, 0.15) is 5.75 Å². The Kier molecular flexibility index (Phi) is 5.70. The number of aromatic nitrogens is 2. The minimum absolute atomic E-state index is 0.385. The minimum atomic E-state index is 0.385. The van der Waals surface area contributed by atoms with Gasteiger partial charge >= 0.3 is 0 Å². The average Bonchev–Trinajstić information content (AvgIpc) is 3.22. The quantitative estimate of drug-likeness (QED) is 0.557. The molecular formula is C22H28N2O2S. The van der Waals surface area contributed by atoms with Crippen LogP contribution in [0.2, 0.25) is 0 Å². The molecule has 5 heteroatoms. The lowest BCUT2D eigenvalue weighted by Crippen LogP contribution is -1.96. The number of thiophene rings is 1. The van der Waals surface area contributed by atoms with Crippen LogP contribution in [0.5, 0.6) is 5.75 Å². The number of hydrogen-bond donors (Lipinski definition) is 1. The van der Waals surface area contributed by atoms with Crippen molar-refractivity contribution in [2.24, 2.45) is 5.92 Å². The Morgan fingerprint density at radius 3 is 2.30 bits per heavy atom. The van der Waals surface area contributed by atoms with Crippen LogP contribution in [-0.2, 0) is 19.3 Å². The molecule has 0 aliphatic heterocycles.